The highest BCUT2D eigenvalue weighted by Crippen LogP contribution is 2.29. The minimum atomic E-state index is 0.0639. The zero-order chi connectivity index (χ0) is 18.8. The van der Waals surface area contributed by atoms with Gasteiger partial charge in [0.25, 0.3) is 5.91 Å². The number of thiazole rings is 1. The maximum absolute atomic E-state index is 12.8. The number of rotatable bonds is 6. The van der Waals surface area contributed by atoms with Gasteiger partial charge >= 0.3 is 0 Å². The molecular formula is C18H23N5O2S2. The predicted molar refractivity (Wildman–Crippen MR) is 109 cm³/mol. The number of carbonyl (C=O) groups excluding carboxylic acids is 2. The third-order valence-corrected chi connectivity index (χ3v) is 6.59. The molecule has 1 aliphatic heterocycles. The first-order chi connectivity index (χ1) is 13.2. The minimum Gasteiger partial charge on any atom is -0.355 e. The van der Waals surface area contributed by atoms with Gasteiger partial charge in [-0.1, -0.05) is 13.3 Å². The largest absolute Gasteiger partial charge is 0.355 e. The number of amides is 2. The van der Waals surface area contributed by atoms with Gasteiger partial charge in [0, 0.05) is 44.3 Å². The van der Waals surface area contributed by atoms with E-state index < -0.39 is 0 Å². The minimum absolute atomic E-state index is 0.0639. The summed E-state index contributed by atoms with van der Waals surface area (Å²) < 4.78 is 2.03. The molecule has 1 N–H and O–H groups in total. The van der Waals surface area contributed by atoms with Crippen LogP contribution in [0.4, 0.5) is 0 Å². The summed E-state index contributed by atoms with van der Waals surface area (Å²) in [6.07, 6.45) is 4.07. The van der Waals surface area contributed by atoms with Crippen molar-refractivity contribution in [3.63, 3.8) is 0 Å². The van der Waals surface area contributed by atoms with E-state index in [9.17, 15) is 9.59 Å². The number of hydrogen-bond acceptors (Lipinski definition) is 6. The van der Waals surface area contributed by atoms with Crippen molar-refractivity contribution in [2.75, 3.05) is 39.3 Å². The molecule has 4 heterocycles. The Bertz CT molecular complexity index is 952. The third-order valence-electron chi connectivity index (χ3n) is 4.83. The molecule has 0 atom stereocenters. The van der Waals surface area contributed by atoms with Crippen molar-refractivity contribution in [2.24, 2.45) is 0 Å². The first-order valence-electron chi connectivity index (χ1n) is 9.29. The Morgan fingerprint density at radius 2 is 2.07 bits per heavy atom. The number of fused-ring (bicyclic) bond motifs is 3. The van der Waals surface area contributed by atoms with E-state index in [-0.39, 0.29) is 11.8 Å². The Morgan fingerprint density at radius 3 is 2.85 bits per heavy atom. The molecule has 1 aliphatic rings. The molecule has 27 heavy (non-hydrogen) atoms. The van der Waals surface area contributed by atoms with Crippen molar-refractivity contribution in [1.29, 1.82) is 0 Å². The normalized spacial score (nSPS) is 15.7. The lowest BCUT2D eigenvalue weighted by atomic mass is 10.2. The lowest BCUT2D eigenvalue weighted by Gasteiger charge is -2.34. The molecule has 2 amide bonds. The second-order valence-electron chi connectivity index (χ2n) is 6.74. The molecule has 0 radical (unpaired) electrons. The zero-order valence-electron chi connectivity index (χ0n) is 15.3. The van der Waals surface area contributed by atoms with Gasteiger partial charge in [-0.25, -0.2) is 4.98 Å². The number of imidazole rings is 1. The molecule has 9 heteroatoms. The Kier molecular flexibility index (Phi) is 5.42. The van der Waals surface area contributed by atoms with E-state index in [4.69, 9.17) is 0 Å². The van der Waals surface area contributed by atoms with Gasteiger partial charge in [0.15, 0.2) is 4.96 Å². The van der Waals surface area contributed by atoms with Crippen LogP contribution in [0.1, 0.15) is 29.4 Å². The van der Waals surface area contributed by atoms with Crippen molar-refractivity contribution in [3.8, 4) is 0 Å². The molecule has 0 bridgehead atoms. The molecule has 3 aromatic rings. The number of hydrogen-bond donors (Lipinski definition) is 1. The smallest absolute Gasteiger partial charge is 0.264 e. The summed E-state index contributed by atoms with van der Waals surface area (Å²) in [4.78, 5) is 36.0. The molecule has 144 valence electrons. The second-order valence-corrected chi connectivity index (χ2v) is 8.64. The van der Waals surface area contributed by atoms with Crippen LogP contribution in [0.2, 0.25) is 0 Å². The van der Waals surface area contributed by atoms with E-state index in [1.165, 1.54) is 11.3 Å². The van der Waals surface area contributed by atoms with Crippen LogP contribution in [0.5, 0.6) is 0 Å². The number of unbranched alkanes of at least 4 members (excludes halogenated alkanes) is 1. The molecular weight excluding hydrogens is 382 g/mol. The van der Waals surface area contributed by atoms with Crippen LogP contribution in [0.15, 0.2) is 17.6 Å². The summed E-state index contributed by atoms with van der Waals surface area (Å²) in [5, 5.41) is 4.95. The Balaban J connectivity index is 1.33. The van der Waals surface area contributed by atoms with E-state index in [1.807, 2.05) is 26.9 Å². The quantitative estimate of drug-likeness (QED) is 0.639. The van der Waals surface area contributed by atoms with Gasteiger partial charge in [-0.2, -0.15) is 0 Å². The van der Waals surface area contributed by atoms with Crippen molar-refractivity contribution < 1.29 is 9.59 Å². The van der Waals surface area contributed by atoms with Crippen molar-refractivity contribution in [3.05, 3.63) is 22.5 Å². The number of thiophene rings is 1. The number of nitrogens with one attached hydrogen (secondary N) is 1. The number of nitrogens with zero attached hydrogens (tertiary/aromatic N) is 4. The molecule has 0 unspecified atom stereocenters. The fourth-order valence-electron chi connectivity index (χ4n) is 3.28. The highest BCUT2D eigenvalue weighted by atomic mass is 32.1. The van der Waals surface area contributed by atoms with E-state index >= 15 is 0 Å². The summed E-state index contributed by atoms with van der Waals surface area (Å²) in [5.74, 6) is 0.136. The van der Waals surface area contributed by atoms with Gasteiger partial charge in [-0.3, -0.25) is 18.9 Å². The fourth-order valence-corrected chi connectivity index (χ4v) is 5.05. The summed E-state index contributed by atoms with van der Waals surface area (Å²) >= 11 is 3.05. The maximum Gasteiger partial charge on any atom is 0.264 e. The molecule has 4 rings (SSSR count). The van der Waals surface area contributed by atoms with Crippen LogP contribution in [0.25, 0.3) is 15.3 Å². The highest BCUT2D eigenvalue weighted by Gasteiger charge is 2.25. The van der Waals surface area contributed by atoms with Gasteiger partial charge in [0.2, 0.25) is 5.91 Å². The van der Waals surface area contributed by atoms with E-state index in [0.29, 0.717) is 19.6 Å². The van der Waals surface area contributed by atoms with Gasteiger partial charge in [-0.05, 0) is 12.5 Å². The molecule has 0 aromatic carbocycles. The Hall–Kier alpha value is -1.97. The lowest BCUT2D eigenvalue weighted by molar-refractivity contribution is -0.122. The Morgan fingerprint density at radius 1 is 1.26 bits per heavy atom. The predicted octanol–water partition coefficient (Wildman–Crippen LogP) is 2.28. The number of aromatic nitrogens is 2. The lowest BCUT2D eigenvalue weighted by Crippen LogP contribution is -2.51. The topological polar surface area (TPSA) is 70.0 Å². The number of carbonyl (C=O) groups is 2. The summed E-state index contributed by atoms with van der Waals surface area (Å²) in [6.45, 7) is 6.02. The van der Waals surface area contributed by atoms with Crippen molar-refractivity contribution >= 4 is 49.8 Å². The van der Waals surface area contributed by atoms with Crippen molar-refractivity contribution in [2.45, 2.75) is 19.8 Å². The van der Waals surface area contributed by atoms with Gasteiger partial charge in [0.05, 0.1) is 16.9 Å². The highest BCUT2D eigenvalue weighted by molar-refractivity contribution is 7.21. The molecule has 3 aromatic heterocycles. The van der Waals surface area contributed by atoms with Gasteiger partial charge in [-0.15, -0.1) is 22.7 Å². The monoisotopic (exact) mass is 405 g/mol. The summed E-state index contributed by atoms with van der Waals surface area (Å²) in [6, 6.07) is 1.95. The average molecular weight is 406 g/mol. The second kappa shape index (κ2) is 7.95. The van der Waals surface area contributed by atoms with Crippen LogP contribution >= 0.6 is 22.7 Å². The maximum atomic E-state index is 12.8. The van der Waals surface area contributed by atoms with E-state index in [1.54, 1.807) is 11.3 Å². The zero-order valence-corrected chi connectivity index (χ0v) is 16.9. The molecule has 7 nitrogen and oxygen atoms in total. The average Bonchev–Trinajstić information content (AvgIpc) is 3.34. The van der Waals surface area contributed by atoms with Crippen molar-refractivity contribution in [1.82, 2.24) is 24.5 Å². The summed E-state index contributed by atoms with van der Waals surface area (Å²) in [5.41, 5.74) is 1.00. The molecule has 0 saturated carbocycles. The molecule has 1 saturated heterocycles. The summed E-state index contributed by atoms with van der Waals surface area (Å²) in [7, 11) is 0. The fraction of sp³-hybridized carbons (Fsp3) is 0.500. The van der Waals surface area contributed by atoms with Crippen LogP contribution < -0.4 is 5.32 Å². The van der Waals surface area contributed by atoms with Gasteiger partial charge in [0.1, 0.15) is 4.83 Å². The first-order valence-corrected chi connectivity index (χ1v) is 11.0. The standard InChI is InChI=1S/C18H23N5O2S2/c1-2-3-4-19-15(24)12-21-5-7-22(8-6-21)17(25)14-11-13-16(27-14)20-18-23(13)9-10-26-18/h9-11H,2-8,12H2,1H3,(H,19,24). The van der Waals surface area contributed by atoms with Crippen LogP contribution in [0, 0.1) is 0 Å². The van der Waals surface area contributed by atoms with Crippen LogP contribution in [-0.4, -0.2) is 70.3 Å². The van der Waals surface area contributed by atoms with E-state index in [2.05, 4.69) is 22.1 Å². The molecule has 0 aliphatic carbocycles. The molecule has 1 fully saturated rings. The van der Waals surface area contributed by atoms with E-state index in [0.717, 1.165) is 52.7 Å². The SMILES string of the molecule is CCCCNC(=O)CN1CCN(C(=O)c2cc3c(nc4sccn43)s2)CC1. The first kappa shape index (κ1) is 18.4. The van der Waals surface area contributed by atoms with Gasteiger partial charge < -0.3 is 10.2 Å². The Labute approximate surface area is 165 Å². The molecule has 0 spiro atoms. The van der Waals surface area contributed by atoms with Crippen LogP contribution in [-0.2, 0) is 4.79 Å². The number of piperazine rings is 1. The van der Waals surface area contributed by atoms with Crippen LogP contribution in [0.3, 0.4) is 0 Å². The third kappa shape index (κ3) is 3.85.